The van der Waals surface area contributed by atoms with E-state index in [4.69, 9.17) is 14.2 Å². The van der Waals surface area contributed by atoms with Gasteiger partial charge in [-0.25, -0.2) is 4.79 Å². The summed E-state index contributed by atoms with van der Waals surface area (Å²) in [5.74, 6) is 0. The highest BCUT2D eigenvalue weighted by Crippen LogP contribution is 2.25. The van der Waals surface area contributed by atoms with Gasteiger partial charge in [0.05, 0.1) is 50.8 Å². The fraction of sp³-hybridized carbons (Fsp3) is 0.519. The molecule has 0 radical (unpaired) electrons. The van der Waals surface area contributed by atoms with Gasteiger partial charge in [-0.15, -0.1) is 0 Å². The van der Waals surface area contributed by atoms with E-state index in [0.717, 1.165) is 19.4 Å². The topological polar surface area (TPSA) is 200 Å². The van der Waals surface area contributed by atoms with Crippen LogP contribution in [0.25, 0.3) is 0 Å². The lowest BCUT2D eigenvalue weighted by atomic mass is 10.2. The minimum absolute atomic E-state index is 0.0114. The molecule has 20 heteroatoms. The molecule has 0 saturated heterocycles. The summed E-state index contributed by atoms with van der Waals surface area (Å²) in [6.07, 6.45) is 5.70. The molecule has 6 rings (SSSR count). The molecule has 18 nitrogen and oxygen atoms in total. The number of carbonyl (C=O) groups excluding carboxylic acids is 1. The second-order valence-corrected chi connectivity index (χ2v) is 15.2. The summed E-state index contributed by atoms with van der Waals surface area (Å²) in [5.41, 5.74) is 2.29. The van der Waals surface area contributed by atoms with Gasteiger partial charge in [-0.2, -0.15) is 45.4 Å². The maximum atomic E-state index is 12.7. The highest BCUT2D eigenvalue weighted by molar-refractivity contribution is 7.90. The summed E-state index contributed by atoms with van der Waals surface area (Å²) < 4.78 is 70.4. The van der Waals surface area contributed by atoms with Crippen molar-refractivity contribution in [2.45, 2.75) is 75.7 Å². The van der Waals surface area contributed by atoms with E-state index in [-0.39, 0.29) is 23.1 Å². The Balaban J connectivity index is 0.000000193. The molecule has 0 saturated carbocycles. The van der Waals surface area contributed by atoms with E-state index in [1.807, 2.05) is 0 Å². The number of hydrogen-bond donors (Lipinski definition) is 1. The van der Waals surface area contributed by atoms with E-state index >= 15 is 0 Å². The Hall–Kier alpha value is -4.11. The van der Waals surface area contributed by atoms with Gasteiger partial charge in [0, 0.05) is 63.2 Å². The molecule has 0 fully saturated rings. The third-order valence-corrected chi connectivity index (χ3v) is 9.83. The maximum Gasteiger partial charge on any atom is 0.410 e. The Kier molecular flexibility index (Phi) is 9.87. The van der Waals surface area contributed by atoms with Crippen molar-refractivity contribution in [1.82, 2.24) is 48.1 Å². The van der Waals surface area contributed by atoms with Crippen molar-refractivity contribution in [3.8, 4) is 0 Å². The quantitative estimate of drug-likeness (QED) is 0.244. The lowest BCUT2D eigenvalue weighted by Gasteiger charge is -2.24. The van der Waals surface area contributed by atoms with Crippen LogP contribution in [-0.4, -0.2) is 98.8 Å². The van der Waals surface area contributed by atoms with Crippen LogP contribution in [0.15, 0.2) is 47.0 Å². The largest absolute Gasteiger partial charge is 0.444 e. The van der Waals surface area contributed by atoms with Gasteiger partial charge in [0.25, 0.3) is 0 Å². The van der Waals surface area contributed by atoms with Crippen LogP contribution in [0.4, 0.5) is 4.79 Å². The molecular weight excluding hydrogens is 656 g/mol. The molecule has 1 amide bonds. The van der Waals surface area contributed by atoms with Gasteiger partial charge < -0.3 is 19.5 Å². The zero-order chi connectivity index (χ0) is 34.0. The zero-order valence-electron chi connectivity index (χ0n) is 26.7. The number of rotatable bonds is 10. The van der Waals surface area contributed by atoms with Gasteiger partial charge in [-0.3, -0.25) is 14.3 Å². The third kappa shape index (κ3) is 7.73. The lowest BCUT2D eigenvalue weighted by Crippen LogP contribution is -2.33. The number of fused-ring (bicyclic) bond motifs is 2. The lowest BCUT2D eigenvalue weighted by molar-refractivity contribution is 0.0239. The van der Waals surface area contributed by atoms with Gasteiger partial charge in [0.15, 0.2) is 10.1 Å². The summed E-state index contributed by atoms with van der Waals surface area (Å²) in [7, 11) is -4.46. The van der Waals surface area contributed by atoms with E-state index in [1.165, 1.54) is 32.6 Å². The first kappa shape index (κ1) is 34.2. The van der Waals surface area contributed by atoms with Crippen LogP contribution >= 0.6 is 0 Å². The second-order valence-electron chi connectivity index (χ2n) is 11.7. The summed E-state index contributed by atoms with van der Waals surface area (Å²) >= 11 is 0. The fourth-order valence-corrected chi connectivity index (χ4v) is 6.84. The molecule has 6 heterocycles. The minimum Gasteiger partial charge on any atom is -0.444 e. The van der Waals surface area contributed by atoms with Gasteiger partial charge in [-0.1, -0.05) is 0 Å². The molecule has 2 aliphatic rings. The van der Waals surface area contributed by atoms with Crippen LogP contribution in [0, 0.1) is 0 Å². The molecule has 0 spiro atoms. The second kappa shape index (κ2) is 13.6. The molecule has 1 N–H and O–H groups in total. The van der Waals surface area contributed by atoms with E-state index in [9.17, 15) is 21.6 Å². The first-order chi connectivity index (χ1) is 22.2. The van der Waals surface area contributed by atoms with E-state index in [1.54, 1.807) is 53.6 Å². The van der Waals surface area contributed by atoms with E-state index in [0.29, 0.717) is 50.7 Å². The Bertz CT molecular complexity index is 1890. The van der Waals surface area contributed by atoms with Crippen LogP contribution in [-0.2, 0) is 73.5 Å². The molecule has 47 heavy (non-hydrogen) atoms. The first-order valence-electron chi connectivity index (χ1n) is 14.6. The van der Waals surface area contributed by atoms with Gasteiger partial charge in [0.2, 0.25) is 0 Å². The number of nitrogens with one attached hydrogen (secondary N) is 1. The standard InChI is InChI=1S/C16H23N5O5S.C11H15N5O3S/c1-16(2,3)26-15(22)19-9-12-10-21(17-13(12)11-19)27(23,24)14-5-6-20(18-14)7-8-25-4;1-19-5-4-15-3-2-11(14-15)20(17,18)16-8-9-6-12-7-10(9)13-16/h5-6,10H,7-9,11H2,1-4H3;2-3,8,12H,4-7H2,1H3. The smallest absolute Gasteiger partial charge is 0.410 e. The predicted octanol–water partition coefficient (Wildman–Crippen LogP) is 0.780. The number of amides is 1. The summed E-state index contributed by atoms with van der Waals surface area (Å²) in [4.78, 5) is 13.6. The van der Waals surface area contributed by atoms with Gasteiger partial charge in [-0.05, 0) is 32.9 Å². The third-order valence-electron chi connectivity index (χ3n) is 6.98. The molecule has 256 valence electrons. The van der Waals surface area contributed by atoms with Crippen LogP contribution < -0.4 is 5.32 Å². The Morgan fingerprint density at radius 2 is 1.32 bits per heavy atom. The molecule has 0 atom stereocenters. The fourth-order valence-electron chi connectivity index (χ4n) is 4.63. The van der Waals surface area contributed by atoms with Gasteiger partial charge in [0.1, 0.15) is 5.60 Å². The first-order valence-corrected chi connectivity index (χ1v) is 17.5. The number of aromatic nitrogens is 8. The SMILES string of the molecule is COCCn1ccc(S(=O)(=O)n2cc3c(n2)CN(C(=O)OC(C)(C)C)C3)n1.COCCn1ccc(S(=O)(=O)n2cc3c(n2)CNC3)n1. The molecule has 4 aromatic rings. The van der Waals surface area contributed by atoms with E-state index < -0.39 is 31.7 Å². The van der Waals surface area contributed by atoms with Crippen LogP contribution in [0.5, 0.6) is 0 Å². The molecule has 2 aliphatic heterocycles. The van der Waals surface area contributed by atoms with Crippen molar-refractivity contribution >= 4 is 26.1 Å². The normalized spacial score (nSPS) is 14.5. The van der Waals surface area contributed by atoms with Crippen molar-refractivity contribution in [3.05, 3.63) is 59.4 Å². The summed E-state index contributed by atoms with van der Waals surface area (Å²) in [6.45, 7) is 8.93. The average molecular weight is 695 g/mol. The zero-order valence-corrected chi connectivity index (χ0v) is 28.4. The number of methoxy groups -OCH3 is 2. The van der Waals surface area contributed by atoms with Crippen LogP contribution in [0.2, 0.25) is 0 Å². The number of ether oxygens (including phenoxy) is 3. The Labute approximate surface area is 272 Å². The maximum absolute atomic E-state index is 12.7. The average Bonchev–Trinajstić information content (AvgIpc) is 3.82. The predicted molar refractivity (Wildman–Crippen MR) is 164 cm³/mol. The van der Waals surface area contributed by atoms with Crippen molar-refractivity contribution in [2.75, 3.05) is 27.4 Å². The Morgan fingerprint density at radius 3 is 1.81 bits per heavy atom. The van der Waals surface area contributed by atoms with Crippen molar-refractivity contribution in [2.24, 2.45) is 0 Å². The Morgan fingerprint density at radius 1 is 0.787 bits per heavy atom. The molecule has 0 aromatic carbocycles. The minimum atomic E-state index is -3.89. The van der Waals surface area contributed by atoms with E-state index in [2.05, 4.69) is 25.7 Å². The molecule has 0 bridgehead atoms. The van der Waals surface area contributed by atoms with Crippen LogP contribution in [0.1, 0.15) is 43.3 Å². The number of hydrogen-bond acceptors (Lipinski definition) is 13. The molecule has 0 unspecified atom stereocenters. The van der Waals surface area contributed by atoms with Crippen LogP contribution in [0.3, 0.4) is 0 Å². The number of carbonyl (C=O) groups is 1. The highest BCUT2D eigenvalue weighted by Gasteiger charge is 2.32. The summed E-state index contributed by atoms with van der Waals surface area (Å²) in [6, 6.07) is 2.89. The van der Waals surface area contributed by atoms with Gasteiger partial charge >= 0.3 is 26.1 Å². The highest BCUT2D eigenvalue weighted by atomic mass is 32.2. The van der Waals surface area contributed by atoms with Crippen molar-refractivity contribution in [1.29, 1.82) is 0 Å². The van der Waals surface area contributed by atoms with Crippen molar-refractivity contribution in [3.63, 3.8) is 0 Å². The molecule has 0 aliphatic carbocycles. The van der Waals surface area contributed by atoms with Crippen molar-refractivity contribution < 1.29 is 35.8 Å². The number of nitrogens with zero attached hydrogens (tertiary/aromatic N) is 9. The molecule has 4 aromatic heterocycles. The summed E-state index contributed by atoms with van der Waals surface area (Å²) in [5, 5.41) is 19.4. The molecular formula is C27H38N10O8S2. The monoisotopic (exact) mass is 694 g/mol.